The summed E-state index contributed by atoms with van der Waals surface area (Å²) in [5, 5.41) is 0.666. The van der Waals surface area contributed by atoms with Crippen LogP contribution in [-0.2, 0) is 5.54 Å². The number of fused-ring (bicyclic) bond motifs is 1. The average Bonchev–Trinajstić information content (AvgIpc) is 3.82. The molecule has 3 atom stereocenters. The van der Waals surface area contributed by atoms with E-state index < -0.39 is 5.54 Å². The number of hydrogen-bond donors (Lipinski definition) is 1. The van der Waals surface area contributed by atoms with E-state index in [0.29, 0.717) is 52.2 Å². The molecule has 0 bridgehead atoms. The van der Waals surface area contributed by atoms with Crippen LogP contribution in [0.1, 0.15) is 59.1 Å². The van der Waals surface area contributed by atoms with E-state index in [0.717, 1.165) is 22.7 Å². The van der Waals surface area contributed by atoms with Crippen molar-refractivity contribution in [1.82, 2.24) is 24.8 Å². The first kappa shape index (κ1) is 25.3. The van der Waals surface area contributed by atoms with Crippen molar-refractivity contribution in [3.05, 3.63) is 76.6 Å². The molecular formula is C31H32N6O2S. The first-order chi connectivity index (χ1) is 19.2. The number of rotatable bonds is 7. The monoisotopic (exact) mass is 552 g/mol. The van der Waals surface area contributed by atoms with Crippen LogP contribution in [0.5, 0.6) is 5.88 Å². The van der Waals surface area contributed by atoms with Crippen molar-refractivity contribution in [2.75, 3.05) is 13.1 Å². The van der Waals surface area contributed by atoms with Gasteiger partial charge in [-0.3, -0.25) is 4.79 Å². The molecule has 0 spiro atoms. The fourth-order valence-corrected chi connectivity index (χ4v) is 6.61. The largest absolute Gasteiger partial charge is 0.474 e. The molecule has 0 unspecified atom stereocenters. The molecule has 1 aliphatic heterocycles. The van der Waals surface area contributed by atoms with Crippen LogP contribution in [-0.4, -0.2) is 49.9 Å². The predicted molar refractivity (Wildman–Crippen MR) is 154 cm³/mol. The van der Waals surface area contributed by atoms with E-state index in [9.17, 15) is 4.79 Å². The number of piperidine rings is 1. The number of likely N-dealkylation sites (tertiary alicyclic amines) is 1. The summed E-state index contributed by atoms with van der Waals surface area (Å²) in [6.07, 6.45) is 5.98. The normalized spacial score (nSPS) is 21.8. The van der Waals surface area contributed by atoms with Gasteiger partial charge in [-0.1, -0.05) is 24.3 Å². The molecule has 3 aliphatic rings. The molecule has 1 amide bonds. The van der Waals surface area contributed by atoms with E-state index in [1.807, 2.05) is 31.7 Å². The highest BCUT2D eigenvalue weighted by molar-refractivity contribution is 7.17. The predicted octanol–water partition coefficient (Wildman–Crippen LogP) is 5.19. The van der Waals surface area contributed by atoms with Crippen LogP contribution in [0.3, 0.4) is 0 Å². The molecule has 8 nitrogen and oxygen atoms in total. The van der Waals surface area contributed by atoms with E-state index in [-0.39, 0.29) is 12.0 Å². The van der Waals surface area contributed by atoms with Gasteiger partial charge in [0.05, 0.1) is 11.4 Å². The van der Waals surface area contributed by atoms with E-state index in [2.05, 4.69) is 45.3 Å². The van der Waals surface area contributed by atoms with Gasteiger partial charge < -0.3 is 15.4 Å². The Morgan fingerprint density at radius 3 is 2.40 bits per heavy atom. The number of hydrogen-bond acceptors (Lipinski definition) is 8. The van der Waals surface area contributed by atoms with E-state index >= 15 is 0 Å². The van der Waals surface area contributed by atoms with Crippen molar-refractivity contribution in [2.24, 2.45) is 17.6 Å². The molecule has 2 saturated carbocycles. The van der Waals surface area contributed by atoms with E-state index in [1.54, 1.807) is 18.5 Å². The number of benzene rings is 1. The van der Waals surface area contributed by atoms with Crippen LogP contribution in [0.2, 0.25) is 0 Å². The summed E-state index contributed by atoms with van der Waals surface area (Å²) in [6, 6.07) is 14.5. The SMILES string of the molecule is Cc1nc(-c2ncccn2)sc1C(=O)N1C[C@@H]2[C@H](C1)[C@@H]2Oc1cc(C(C)(C)N)cc(-c2ccc(C3CC3)cc2)n1. The number of nitrogens with two attached hydrogens (primary N) is 1. The van der Waals surface area contributed by atoms with Gasteiger partial charge in [-0.2, -0.15) is 0 Å². The molecule has 40 heavy (non-hydrogen) atoms. The Bertz CT molecular complexity index is 1560. The third-order valence-corrected chi connectivity index (χ3v) is 9.35. The first-order valence-corrected chi connectivity index (χ1v) is 14.7. The lowest BCUT2D eigenvalue weighted by molar-refractivity contribution is 0.0755. The summed E-state index contributed by atoms with van der Waals surface area (Å²) in [5.41, 5.74) is 11.0. The summed E-state index contributed by atoms with van der Waals surface area (Å²) in [4.78, 5) is 33.9. The number of thiazole rings is 1. The molecule has 4 heterocycles. The Balaban J connectivity index is 1.05. The van der Waals surface area contributed by atoms with Gasteiger partial charge in [-0.05, 0) is 62.8 Å². The lowest BCUT2D eigenvalue weighted by atomic mass is 9.94. The van der Waals surface area contributed by atoms with E-state index in [1.165, 1.54) is 29.7 Å². The summed E-state index contributed by atoms with van der Waals surface area (Å²) < 4.78 is 6.45. The first-order valence-electron chi connectivity index (χ1n) is 13.9. The molecule has 1 aromatic carbocycles. The van der Waals surface area contributed by atoms with Crippen LogP contribution in [0.15, 0.2) is 54.9 Å². The smallest absolute Gasteiger partial charge is 0.265 e. The topological polar surface area (TPSA) is 107 Å². The molecule has 0 radical (unpaired) electrons. The van der Waals surface area contributed by atoms with Gasteiger partial charge in [0.2, 0.25) is 5.88 Å². The third kappa shape index (κ3) is 4.77. The number of aromatic nitrogens is 4. The minimum atomic E-state index is -0.525. The van der Waals surface area contributed by atoms with Crippen LogP contribution >= 0.6 is 11.3 Å². The van der Waals surface area contributed by atoms with Crippen molar-refractivity contribution in [2.45, 2.75) is 51.2 Å². The molecule has 204 valence electrons. The quantitative estimate of drug-likeness (QED) is 0.336. The second-order valence-electron chi connectivity index (χ2n) is 11.8. The van der Waals surface area contributed by atoms with Gasteiger partial charge >= 0.3 is 0 Å². The van der Waals surface area contributed by atoms with Crippen LogP contribution in [0.4, 0.5) is 0 Å². The van der Waals surface area contributed by atoms with Gasteiger partial charge in [0.15, 0.2) is 10.8 Å². The number of amides is 1. The van der Waals surface area contributed by atoms with Crippen LogP contribution < -0.4 is 10.5 Å². The minimum absolute atomic E-state index is 0.0186. The van der Waals surface area contributed by atoms with Gasteiger partial charge in [-0.15, -0.1) is 11.3 Å². The molecule has 9 heteroatoms. The highest BCUT2D eigenvalue weighted by Gasteiger charge is 2.59. The number of ether oxygens (including phenoxy) is 1. The second-order valence-corrected chi connectivity index (χ2v) is 12.8. The number of nitrogens with zero attached hydrogens (tertiary/aromatic N) is 5. The molecule has 4 aromatic rings. The number of aryl methyl sites for hydroxylation is 1. The fourth-order valence-electron chi connectivity index (χ4n) is 5.62. The summed E-state index contributed by atoms with van der Waals surface area (Å²) in [5.74, 6) is 2.47. The summed E-state index contributed by atoms with van der Waals surface area (Å²) in [7, 11) is 0. The molecule has 1 saturated heterocycles. The Morgan fingerprint density at radius 2 is 1.75 bits per heavy atom. The Kier molecular flexibility index (Phi) is 5.98. The zero-order valence-corrected chi connectivity index (χ0v) is 23.7. The van der Waals surface area contributed by atoms with Gasteiger partial charge in [0, 0.05) is 54.5 Å². The minimum Gasteiger partial charge on any atom is -0.474 e. The molecular weight excluding hydrogens is 520 g/mol. The van der Waals surface area contributed by atoms with Crippen molar-refractivity contribution >= 4 is 17.2 Å². The number of pyridine rings is 1. The van der Waals surface area contributed by atoms with Crippen LogP contribution in [0, 0.1) is 18.8 Å². The van der Waals surface area contributed by atoms with Crippen molar-refractivity contribution in [3.63, 3.8) is 0 Å². The molecule has 7 rings (SSSR count). The van der Waals surface area contributed by atoms with Crippen molar-refractivity contribution < 1.29 is 9.53 Å². The fraction of sp³-hybridized carbons (Fsp3) is 0.387. The highest BCUT2D eigenvalue weighted by Crippen LogP contribution is 2.49. The van der Waals surface area contributed by atoms with Gasteiger partial charge in [-0.25, -0.2) is 19.9 Å². The summed E-state index contributed by atoms with van der Waals surface area (Å²) in [6.45, 7) is 7.20. The van der Waals surface area contributed by atoms with Crippen molar-refractivity contribution in [1.29, 1.82) is 0 Å². The standard InChI is InChI=1S/C31H32N6O2S/c1-17-27(40-29(35-17)28-33-11-4-12-34-28)30(38)37-15-22-23(16-37)26(22)39-25-14-21(31(2,3)32)13-24(36-25)20-9-7-19(8-10-20)18-5-6-18/h4,7-14,18,22-23,26H,5-6,15-16,32H2,1-3H3/t22-,23+,26-. The highest BCUT2D eigenvalue weighted by atomic mass is 32.1. The maximum Gasteiger partial charge on any atom is 0.265 e. The van der Waals surface area contributed by atoms with Gasteiger partial charge in [0.1, 0.15) is 11.0 Å². The maximum atomic E-state index is 13.4. The maximum absolute atomic E-state index is 13.4. The van der Waals surface area contributed by atoms with Gasteiger partial charge in [0.25, 0.3) is 5.91 Å². The molecule has 2 N–H and O–H groups in total. The van der Waals surface area contributed by atoms with E-state index in [4.69, 9.17) is 15.5 Å². The third-order valence-electron chi connectivity index (χ3n) is 8.21. The zero-order chi connectivity index (χ0) is 27.6. The lowest BCUT2D eigenvalue weighted by Crippen LogP contribution is -2.33. The lowest BCUT2D eigenvalue weighted by Gasteiger charge is -2.22. The van der Waals surface area contributed by atoms with Crippen LogP contribution in [0.25, 0.3) is 22.1 Å². The molecule has 3 aromatic heterocycles. The zero-order valence-electron chi connectivity index (χ0n) is 22.9. The Hall–Kier alpha value is -3.69. The Labute approximate surface area is 237 Å². The average molecular weight is 553 g/mol. The number of carbonyl (C=O) groups is 1. The second kappa shape index (κ2) is 9.45. The summed E-state index contributed by atoms with van der Waals surface area (Å²) >= 11 is 1.36. The number of carbonyl (C=O) groups excluding carboxylic acids is 1. The Morgan fingerprint density at radius 1 is 1.05 bits per heavy atom. The molecule has 3 fully saturated rings. The molecule has 2 aliphatic carbocycles. The van der Waals surface area contributed by atoms with Crippen molar-refractivity contribution in [3.8, 4) is 28.0 Å².